The lowest BCUT2D eigenvalue weighted by Crippen LogP contribution is -2.27. The van der Waals surface area contributed by atoms with E-state index in [1.54, 1.807) is 32.9 Å². The lowest BCUT2D eigenvalue weighted by atomic mass is 10.1. The van der Waals surface area contributed by atoms with Gasteiger partial charge in [-0.1, -0.05) is 23.8 Å². The van der Waals surface area contributed by atoms with Crippen molar-refractivity contribution in [3.63, 3.8) is 0 Å². The highest BCUT2D eigenvalue weighted by molar-refractivity contribution is 5.83. The van der Waals surface area contributed by atoms with Crippen LogP contribution in [0.2, 0.25) is 0 Å². The predicted octanol–water partition coefficient (Wildman–Crippen LogP) is 4.19. The van der Waals surface area contributed by atoms with Crippen LogP contribution in [-0.2, 0) is 4.74 Å². The van der Waals surface area contributed by atoms with Gasteiger partial charge in [-0.2, -0.15) is 0 Å². The molecule has 0 aliphatic heterocycles. The fourth-order valence-corrected chi connectivity index (χ4v) is 1.94. The maximum absolute atomic E-state index is 11.7. The number of aromatic nitrogens is 2. The number of amides is 1. The van der Waals surface area contributed by atoms with E-state index in [0.717, 1.165) is 5.56 Å². The van der Waals surface area contributed by atoms with Gasteiger partial charge in [0.1, 0.15) is 11.4 Å². The maximum Gasteiger partial charge on any atom is 0.414 e. The number of nitrogens with one attached hydrogen (secondary N) is 1. The first-order valence-corrected chi connectivity index (χ1v) is 7.54. The van der Waals surface area contributed by atoms with E-state index < -0.39 is 11.7 Å². The molecule has 6 nitrogen and oxygen atoms in total. The van der Waals surface area contributed by atoms with E-state index >= 15 is 0 Å². The molecule has 0 unspecified atom stereocenters. The van der Waals surface area contributed by atoms with Gasteiger partial charge in [0.2, 0.25) is 5.95 Å². The van der Waals surface area contributed by atoms with E-state index in [1.165, 1.54) is 12.3 Å². The van der Waals surface area contributed by atoms with E-state index in [1.807, 2.05) is 25.1 Å². The van der Waals surface area contributed by atoms with Crippen LogP contribution in [0.25, 0.3) is 11.8 Å². The second-order valence-electron chi connectivity index (χ2n) is 6.33. The zero-order valence-corrected chi connectivity index (χ0v) is 14.2. The highest BCUT2D eigenvalue weighted by Crippen LogP contribution is 2.16. The first kappa shape index (κ1) is 17.5. The number of rotatable bonds is 3. The summed E-state index contributed by atoms with van der Waals surface area (Å²) >= 11 is 0. The summed E-state index contributed by atoms with van der Waals surface area (Å²) in [4.78, 5) is 19.9. The van der Waals surface area contributed by atoms with Crippen LogP contribution < -0.4 is 5.32 Å². The molecule has 0 fully saturated rings. The van der Waals surface area contributed by atoms with Crippen molar-refractivity contribution in [3.05, 3.63) is 53.3 Å². The van der Waals surface area contributed by atoms with Crippen LogP contribution in [0.1, 0.15) is 37.6 Å². The summed E-state index contributed by atoms with van der Waals surface area (Å²) in [5, 5.41) is 12.7. The quantitative estimate of drug-likeness (QED) is 0.826. The third kappa shape index (κ3) is 5.39. The Kier molecular flexibility index (Phi) is 5.18. The standard InChI is InChI=1S/C18H21N3O3/c1-12-6-5-7-13(10-12)15(22)11-14-8-9-19-16(20-14)21-17(23)24-18(2,3)4/h5-11,22H,1-4H3,(H,19,20,21,23)/b15-11-. The highest BCUT2D eigenvalue weighted by Gasteiger charge is 2.17. The average Bonchev–Trinajstić information content (AvgIpc) is 2.45. The Morgan fingerprint density at radius 2 is 2.04 bits per heavy atom. The highest BCUT2D eigenvalue weighted by atomic mass is 16.6. The molecular formula is C18H21N3O3. The number of aliphatic hydroxyl groups is 1. The van der Waals surface area contributed by atoms with Crippen molar-refractivity contribution in [2.45, 2.75) is 33.3 Å². The molecule has 0 radical (unpaired) electrons. The molecule has 126 valence electrons. The smallest absolute Gasteiger partial charge is 0.414 e. The summed E-state index contributed by atoms with van der Waals surface area (Å²) in [7, 11) is 0. The molecule has 0 atom stereocenters. The molecule has 0 saturated heterocycles. The van der Waals surface area contributed by atoms with Gasteiger partial charge in [0, 0.05) is 17.8 Å². The Morgan fingerprint density at radius 3 is 2.71 bits per heavy atom. The molecule has 2 N–H and O–H groups in total. The summed E-state index contributed by atoms with van der Waals surface area (Å²) in [6, 6.07) is 9.12. The van der Waals surface area contributed by atoms with Gasteiger partial charge in [-0.3, -0.25) is 5.32 Å². The second-order valence-corrected chi connectivity index (χ2v) is 6.33. The van der Waals surface area contributed by atoms with E-state index in [-0.39, 0.29) is 11.7 Å². The monoisotopic (exact) mass is 327 g/mol. The third-order valence-electron chi connectivity index (χ3n) is 2.89. The summed E-state index contributed by atoms with van der Waals surface area (Å²) < 4.78 is 5.15. The lowest BCUT2D eigenvalue weighted by Gasteiger charge is -2.19. The first-order chi connectivity index (χ1) is 11.2. The average molecular weight is 327 g/mol. The van der Waals surface area contributed by atoms with E-state index in [9.17, 15) is 9.90 Å². The fraction of sp³-hybridized carbons (Fsp3) is 0.278. The van der Waals surface area contributed by atoms with Crippen LogP contribution in [-0.4, -0.2) is 26.8 Å². The molecule has 2 aromatic rings. The molecule has 6 heteroatoms. The maximum atomic E-state index is 11.7. The number of hydrogen-bond acceptors (Lipinski definition) is 5. The van der Waals surface area contributed by atoms with Gasteiger partial charge in [0.15, 0.2) is 0 Å². The molecule has 0 spiro atoms. The fourth-order valence-electron chi connectivity index (χ4n) is 1.94. The number of benzene rings is 1. The lowest BCUT2D eigenvalue weighted by molar-refractivity contribution is 0.0634. The van der Waals surface area contributed by atoms with Crippen LogP contribution in [0.4, 0.5) is 10.7 Å². The van der Waals surface area contributed by atoms with Crippen molar-refractivity contribution >= 4 is 23.9 Å². The Hall–Kier alpha value is -2.89. The summed E-state index contributed by atoms with van der Waals surface area (Å²) in [6.45, 7) is 7.26. The van der Waals surface area contributed by atoms with Gasteiger partial charge >= 0.3 is 6.09 Å². The number of carbonyl (C=O) groups excluding carboxylic acids is 1. The van der Waals surface area contributed by atoms with Crippen LogP contribution in [0.3, 0.4) is 0 Å². The van der Waals surface area contributed by atoms with Crippen LogP contribution >= 0.6 is 0 Å². The number of carbonyl (C=O) groups is 1. The summed E-state index contributed by atoms with van der Waals surface area (Å²) in [6.07, 6.45) is 2.37. The van der Waals surface area contributed by atoms with Gasteiger partial charge in [-0.05, 0) is 39.8 Å². The van der Waals surface area contributed by atoms with Crippen molar-refractivity contribution in [1.29, 1.82) is 0 Å². The number of hydrogen-bond donors (Lipinski definition) is 2. The Morgan fingerprint density at radius 1 is 1.29 bits per heavy atom. The normalized spacial score (nSPS) is 11.9. The minimum Gasteiger partial charge on any atom is -0.507 e. The Balaban J connectivity index is 2.15. The first-order valence-electron chi connectivity index (χ1n) is 7.54. The number of nitrogens with zero attached hydrogens (tertiary/aromatic N) is 2. The van der Waals surface area contributed by atoms with Crippen molar-refractivity contribution < 1.29 is 14.6 Å². The molecule has 0 aliphatic rings. The molecule has 0 aliphatic carbocycles. The number of aryl methyl sites for hydroxylation is 1. The summed E-state index contributed by atoms with van der Waals surface area (Å²) in [5.41, 5.74) is 1.60. The number of aliphatic hydroxyl groups excluding tert-OH is 1. The van der Waals surface area contributed by atoms with Crippen molar-refractivity contribution in [1.82, 2.24) is 9.97 Å². The Bertz CT molecular complexity index is 764. The van der Waals surface area contributed by atoms with Crippen LogP contribution in [0.15, 0.2) is 36.5 Å². The number of ether oxygens (including phenoxy) is 1. The van der Waals surface area contributed by atoms with E-state index in [0.29, 0.717) is 11.3 Å². The Labute approximate surface area is 141 Å². The van der Waals surface area contributed by atoms with E-state index in [2.05, 4.69) is 15.3 Å². The van der Waals surface area contributed by atoms with Crippen molar-refractivity contribution in [2.75, 3.05) is 5.32 Å². The molecule has 0 saturated carbocycles. The minimum atomic E-state index is -0.633. The molecule has 1 aromatic heterocycles. The summed E-state index contributed by atoms with van der Waals surface area (Å²) in [5.74, 6) is 0.190. The number of anilines is 1. The van der Waals surface area contributed by atoms with Crippen LogP contribution in [0, 0.1) is 6.92 Å². The molecule has 24 heavy (non-hydrogen) atoms. The topological polar surface area (TPSA) is 84.3 Å². The molecule has 1 amide bonds. The minimum absolute atomic E-state index is 0.0839. The predicted molar refractivity (Wildman–Crippen MR) is 93.6 cm³/mol. The van der Waals surface area contributed by atoms with Gasteiger partial charge in [-0.15, -0.1) is 0 Å². The van der Waals surface area contributed by atoms with Gasteiger partial charge in [0.05, 0.1) is 5.69 Å². The van der Waals surface area contributed by atoms with Crippen molar-refractivity contribution in [3.8, 4) is 0 Å². The zero-order chi connectivity index (χ0) is 17.7. The molecular weight excluding hydrogens is 306 g/mol. The third-order valence-corrected chi connectivity index (χ3v) is 2.89. The second kappa shape index (κ2) is 7.12. The van der Waals surface area contributed by atoms with Gasteiger partial charge < -0.3 is 9.84 Å². The SMILES string of the molecule is Cc1cccc(/C(O)=C/c2ccnc(NC(=O)OC(C)(C)C)n2)c1. The van der Waals surface area contributed by atoms with Gasteiger partial charge in [-0.25, -0.2) is 14.8 Å². The van der Waals surface area contributed by atoms with Gasteiger partial charge in [0.25, 0.3) is 0 Å². The zero-order valence-electron chi connectivity index (χ0n) is 14.2. The van der Waals surface area contributed by atoms with Crippen molar-refractivity contribution in [2.24, 2.45) is 0 Å². The largest absolute Gasteiger partial charge is 0.507 e. The molecule has 0 bridgehead atoms. The molecule has 2 rings (SSSR count). The molecule has 1 aromatic carbocycles. The van der Waals surface area contributed by atoms with E-state index in [4.69, 9.17) is 4.74 Å². The molecule has 1 heterocycles. The van der Waals surface area contributed by atoms with Crippen LogP contribution in [0.5, 0.6) is 0 Å².